The fourth-order valence-corrected chi connectivity index (χ4v) is 14.3. The van der Waals surface area contributed by atoms with Crippen LogP contribution in [-0.2, 0) is 16.2 Å². The van der Waals surface area contributed by atoms with Crippen molar-refractivity contribution in [1.82, 2.24) is 48.6 Å². The van der Waals surface area contributed by atoms with Crippen LogP contribution in [0.4, 0.5) is 0 Å². The minimum absolute atomic E-state index is 0.115. The fourth-order valence-electron chi connectivity index (χ4n) is 14.3. The van der Waals surface area contributed by atoms with E-state index in [0.717, 1.165) is 110 Å². The number of aromatic nitrogens is 10. The summed E-state index contributed by atoms with van der Waals surface area (Å²) in [7, 11) is 0. The number of pyridine rings is 1. The largest absolute Gasteiger partial charge is 0.305 e. The molecule has 0 aliphatic heterocycles. The molecule has 6 aromatic heterocycles. The van der Waals surface area contributed by atoms with Crippen LogP contribution < -0.4 is 0 Å². The highest BCUT2D eigenvalue weighted by atomic mass is 15.2. The number of para-hydroxylation sites is 3. The molecule has 0 amide bonds. The maximum Gasteiger partial charge on any atom is 0.165 e. The Hall–Kier alpha value is -12.0. The van der Waals surface area contributed by atoms with E-state index in [0.29, 0.717) is 51.9 Å². The molecule has 0 unspecified atom stereocenters. The van der Waals surface area contributed by atoms with Crippen molar-refractivity contribution in [2.24, 2.45) is 0 Å². The van der Waals surface area contributed by atoms with Gasteiger partial charge in [-0.2, -0.15) is 0 Å². The molecule has 99 heavy (non-hydrogen) atoms. The number of benzene rings is 11. The summed E-state index contributed by atoms with van der Waals surface area (Å²) in [6.07, 6.45) is 0. The predicted octanol–water partition coefficient (Wildman–Crippen LogP) is 22.3. The van der Waals surface area contributed by atoms with Crippen molar-refractivity contribution in [2.75, 3.05) is 0 Å². The van der Waals surface area contributed by atoms with Crippen LogP contribution in [0.3, 0.4) is 0 Å². The van der Waals surface area contributed by atoms with Crippen molar-refractivity contribution in [1.29, 1.82) is 0 Å². The van der Waals surface area contributed by atoms with Crippen LogP contribution in [0.15, 0.2) is 273 Å². The Balaban J connectivity index is 1.11. The summed E-state index contributed by atoms with van der Waals surface area (Å²) in [5, 5.41) is 6.77. The predicted molar refractivity (Wildman–Crippen MR) is 408 cm³/mol. The first-order valence-electron chi connectivity index (χ1n) is 34.1. The van der Waals surface area contributed by atoms with E-state index in [1.807, 2.05) is 72.8 Å². The van der Waals surface area contributed by atoms with Gasteiger partial charge in [0.15, 0.2) is 40.8 Å². The molecule has 0 fully saturated rings. The normalized spacial score (nSPS) is 12.3. The molecule has 6 heterocycles. The van der Waals surface area contributed by atoms with E-state index in [4.69, 9.17) is 34.9 Å². The molecule has 0 aliphatic rings. The molecule has 478 valence electrons. The van der Waals surface area contributed by atoms with Gasteiger partial charge >= 0.3 is 0 Å². The third-order valence-corrected chi connectivity index (χ3v) is 19.5. The number of nitrogens with zero attached hydrogens (tertiary/aromatic N) is 10. The lowest BCUT2D eigenvalue weighted by atomic mass is 9.86. The van der Waals surface area contributed by atoms with Gasteiger partial charge in [0.1, 0.15) is 5.82 Å². The van der Waals surface area contributed by atoms with E-state index in [9.17, 15) is 0 Å². The van der Waals surface area contributed by atoms with Crippen LogP contribution in [0, 0.1) is 0 Å². The first kappa shape index (κ1) is 60.6. The molecule has 0 radical (unpaired) electrons. The zero-order valence-corrected chi connectivity index (χ0v) is 57.0. The second-order valence-electron chi connectivity index (χ2n) is 29.0. The number of fused-ring (bicyclic) bond motifs is 9. The third kappa shape index (κ3) is 10.5. The molecule has 0 N–H and O–H groups in total. The van der Waals surface area contributed by atoms with Gasteiger partial charge in [0.05, 0.1) is 38.8 Å². The van der Waals surface area contributed by atoms with Crippen molar-refractivity contribution in [3.05, 3.63) is 290 Å². The number of hydrogen-bond acceptors (Lipinski definition) is 7. The van der Waals surface area contributed by atoms with E-state index in [2.05, 4.69) is 276 Å². The molecule has 11 aromatic carbocycles. The van der Waals surface area contributed by atoms with Crippen LogP contribution in [0.1, 0.15) is 79.0 Å². The Kier molecular flexibility index (Phi) is 14.3. The lowest BCUT2D eigenvalue weighted by Gasteiger charge is -2.24. The fraction of sp³-hybridized carbons (Fsp3) is 0.135. The van der Waals surface area contributed by atoms with E-state index in [-0.39, 0.29) is 16.2 Å². The Bertz CT molecular complexity index is 5910. The summed E-state index contributed by atoms with van der Waals surface area (Å²) < 4.78 is 7.27. The average molecular weight is 1280 g/mol. The van der Waals surface area contributed by atoms with Gasteiger partial charge in [-0.25, -0.2) is 34.9 Å². The summed E-state index contributed by atoms with van der Waals surface area (Å²) in [5.41, 5.74) is 16.7. The molecule has 17 rings (SSSR count). The Morgan fingerprint density at radius 1 is 0.232 bits per heavy atom. The molecular weight excluding hydrogens is 1210 g/mol. The van der Waals surface area contributed by atoms with Gasteiger partial charge in [0, 0.05) is 71.3 Å². The lowest BCUT2D eigenvalue weighted by molar-refractivity contribution is 0.591. The van der Waals surface area contributed by atoms with Gasteiger partial charge in [0.2, 0.25) is 0 Å². The Morgan fingerprint density at radius 3 is 0.970 bits per heavy atom. The zero-order chi connectivity index (χ0) is 67.5. The molecule has 10 nitrogen and oxygen atoms in total. The molecule has 0 spiro atoms. The molecule has 0 aliphatic carbocycles. The minimum atomic E-state index is -0.144. The minimum Gasteiger partial charge on any atom is -0.305 e. The Morgan fingerprint density at radius 2 is 0.556 bits per heavy atom. The van der Waals surface area contributed by atoms with Gasteiger partial charge in [-0.3, -0.25) is 9.13 Å². The van der Waals surface area contributed by atoms with Crippen molar-refractivity contribution in [2.45, 2.75) is 78.6 Å². The highest BCUT2D eigenvalue weighted by Crippen LogP contribution is 2.49. The topological polar surface area (TPSA) is 105 Å². The average Bonchev–Trinajstić information content (AvgIpc) is 1.60. The number of hydrogen-bond donors (Lipinski definition) is 0. The molecular formula is C89H72N10. The monoisotopic (exact) mass is 1280 g/mol. The molecule has 0 bridgehead atoms. The molecule has 17 aromatic rings. The van der Waals surface area contributed by atoms with E-state index >= 15 is 0 Å². The third-order valence-electron chi connectivity index (χ3n) is 19.5. The summed E-state index contributed by atoms with van der Waals surface area (Å²) in [6.45, 7) is 20.6. The summed E-state index contributed by atoms with van der Waals surface area (Å²) >= 11 is 0. The van der Waals surface area contributed by atoms with Crippen molar-refractivity contribution in [3.8, 4) is 96.8 Å². The molecule has 0 saturated heterocycles. The lowest BCUT2D eigenvalue weighted by Crippen LogP contribution is -2.13. The van der Waals surface area contributed by atoms with Crippen LogP contribution in [0.25, 0.3) is 162 Å². The number of rotatable bonds is 10. The SMILES string of the molecule is CC(C)(C)c1ccc2c(c1)c1ccccc1n2-c1cc(-c2cccc(-c3nc(-c4ccccc4)nc(-c4ccccc4)n3)c2-c2nc(-c3ccccc3)nc(-c3ccccc3)n2)c(-n2c3ccccc3c3cc(C(C)(C)C)ccc32)c(-n2c3ccccc3c3cc(C(C)(C)C)ccc32)n1. The second kappa shape index (κ2) is 23.4. The highest BCUT2D eigenvalue weighted by molar-refractivity contribution is 6.14. The summed E-state index contributed by atoms with van der Waals surface area (Å²) in [4.78, 5) is 39.4. The molecule has 10 heteroatoms. The van der Waals surface area contributed by atoms with Crippen LogP contribution in [-0.4, -0.2) is 48.6 Å². The van der Waals surface area contributed by atoms with Gasteiger partial charge in [-0.05, 0) is 99.2 Å². The highest BCUT2D eigenvalue weighted by Gasteiger charge is 2.32. The van der Waals surface area contributed by atoms with Gasteiger partial charge in [0.25, 0.3) is 0 Å². The van der Waals surface area contributed by atoms with Gasteiger partial charge in [-0.15, -0.1) is 0 Å². The molecule has 0 atom stereocenters. The van der Waals surface area contributed by atoms with Crippen molar-refractivity contribution >= 4 is 65.4 Å². The van der Waals surface area contributed by atoms with Crippen molar-refractivity contribution in [3.63, 3.8) is 0 Å². The van der Waals surface area contributed by atoms with Gasteiger partial charge in [-0.1, -0.05) is 275 Å². The summed E-state index contributed by atoms with van der Waals surface area (Å²) in [5.74, 6) is 4.38. The first-order chi connectivity index (χ1) is 48.0. The first-order valence-corrected chi connectivity index (χ1v) is 34.1. The standard InChI is InChI=1S/C89H72N10/c1-87(2,3)59-45-48-74-67(51-59)62-37-22-25-42-71(62)97(74)77-54-70(79(98-72-43-26-23-38-63(72)68-52-60(88(4,5)6)46-49-75(68)98)86(90-77)99-73-44-27-24-39-64(73)69-53-61(89(7,8)9)47-50-76(69)99)65-40-28-41-66(84-93-80(55-29-14-10-15-30-55)91-81(94-84)56-31-16-11-17-32-56)78(65)85-95-82(57-33-18-12-19-34-57)92-83(96-85)58-35-20-13-21-36-58/h10-54H,1-9H3. The second-order valence-corrected chi connectivity index (χ2v) is 29.0. The van der Waals surface area contributed by atoms with E-state index < -0.39 is 0 Å². The van der Waals surface area contributed by atoms with E-state index in [1.54, 1.807) is 0 Å². The molecule has 0 saturated carbocycles. The zero-order valence-electron chi connectivity index (χ0n) is 57.0. The van der Waals surface area contributed by atoms with Crippen LogP contribution >= 0.6 is 0 Å². The Labute approximate surface area is 575 Å². The van der Waals surface area contributed by atoms with E-state index in [1.165, 1.54) is 16.7 Å². The van der Waals surface area contributed by atoms with Gasteiger partial charge < -0.3 is 4.57 Å². The maximum atomic E-state index is 6.32. The smallest absolute Gasteiger partial charge is 0.165 e. The summed E-state index contributed by atoms with van der Waals surface area (Å²) in [6, 6.07) is 96.9. The quantitative estimate of drug-likeness (QED) is 0.134. The van der Waals surface area contributed by atoms with Crippen molar-refractivity contribution < 1.29 is 0 Å². The maximum absolute atomic E-state index is 6.32. The van der Waals surface area contributed by atoms with Crippen LogP contribution in [0.2, 0.25) is 0 Å². The van der Waals surface area contributed by atoms with Crippen LogP contribution in [0.5, 0.6) is 0 Å².